The summed E-state index contributed by atoms with van der Waals surface area (Å²) in [6.45, 7) is 2.29. The van der Waals surface area contributed by atoms with E-state index in [2.05, 4.69) is 36.4 Å². The van der Waals surface area contributed by atoms with Gasteiger partial charge in [-0.1, -0.05) is 72.8 Å². The zero-order valence-electron chi connectivity index (χ0n) is 16.7. The van der Waals surface area contributed by atoms with Crippen LogP contribution in [0.15, 0.2) is 95.3 Å². The molecule has 0 radical (unpaired) electrons. The monoisotopic (exact) mass is 414 g/mol. The summed E-state index contributed by atoms with van der Waals surface area (Å²) in [7, 11) is 0. The van der Waals surface area contributed by atoms with Gasteiger partial charge in [-0.05, 0) is 35.7 Å². The van der Waals surface area contributed by atoms with Crippen molar-refractivity contribution in [2.45, 2.75) is 13.5 Å². The van der Waals surface area contributed by atoms with Crippen molar-refractivity contribution in [3.63, 3.8) is 0 Å². The van der Waals surface area contributed by atoms with Gasteiger partial charge in [-0.2, -0.15) is 0 Å². The molecule has 3 aromatic carbocycles. The molecule has 0 atom stereocenters. The fourth-order valence-electron chi connectivity index (χ4n) is 3.21. The molecule has 30 heavy (non-hydrogen) atoms. The van der Waals surface area contributed by atoms with E-state index in [1.807, 2.05) is 65.4 Å². The fourth-order valence-corrected chi connectivity index (χ4v) is 4.14. The minimum absolute atomic E-state index is 0.124. The van der Waals surface area contributed by atoms with Crippen LogP contribution in [0.2, 0.25) is 0 Å². The SMILES string of the molecule is CCOC(=O)Cn1c(-c2ccc(-c3ccccc3)cc2)csc1=Nc1ccccc1. The number of carbonyl (C=O) groups excluding carboxylic acids is 1. The van der Waals surface area contributed by atoms with E-state index in [4.69, 9.17) is 9.73 Å². The number of para-hydroxylation sites is 1. The summed E-state index contributed by atoms with van der Waals surface area (Å²) in [5.74, 6) is -0.271. The normalized spacial score (nSPS) is 11.4. The van der Waals surface area contributed by atoms with Crippen LogP contribution in [0.1, 0.15) is 6.92 Å². The highest BCUT2D eigenvalue weighted by Gasteiger charge is 2.13. The van der Waals surface area contributed by atoms with Crippen molar-refractivity contribution < 1.29 is 9.53 Å². The number of thiazole rings is 1. The predicted octanol–water partition coefficient (Wildman–Crippen LogP) is 5.68. The maximum atomic E-state index is 12.3. The zero-order valence-corrected chi connectivity index (χ0v) is 17.5. The van der Waals surface area contributed by atoms with E-state index in [-0.39, 0.29) is 12.5 Å². The Morgan fingerprint density at radius 3 is 2.13 bits per heavy atom. The van der Waals surface area contributed by atoms with Gasteiger partial charge in [0.2, 0.25) is 0 Å². The average molecular weight is 415 g/mol. The molecule has 4 rings (SSSR count). The van der Waals surface area contributed by atoms with Gasteiger partial charge < -0.3 is 9.30 Å². The number of esters is 1. The van der Waals surface area contributed by atoms with Gasteiger partial charge in [0.1, 0.15) is 6.54 Å². The molecule has 0 bridgehead atoms. The van der Waals surface area contributed by atoms with E-state index < -0.39 is 0 Å². The molecule has 5 heteroatoms. The zero-order chi connectivity index (χ0) is 20.8. The molecule has 0 saturated heterocycles. The Bertz CT molecular complexity index is 1180. The van der Waals surface area contributed by atoms with Crippen LogP contribution in [0.25, 0.3) is 22.4 Å². The minimum Gasteiger partial charge on any atom is -0.465 e. The lowest BCUT2D eigenvalue weighted by molar-refractivity contribution is -0.143. The van der Waals surface area contributed by atoms with Crippen LogP contribution in [-0.2, 0) is 16.1 Å². The van der Waals surface area contributed by atoms with Crippen molar-refractivity contribution >= 4 is 23.0 Å². The number of ether oxygens (including phenoxy) is 1. The number of hydrogen-bond donors (Lipinski definition) is 0. The van der Waals surface area contributed by atoms with Crippen LogP contribution < -0.4 is 4.80 Å². The van der Waals surface area contributed by atoms with Gasteiger partial charge in [0.05, 0.1) is 18.0 Å². The van der Waals surface area contributed by atoms with Gasteiger partial charge in [0.25, 0.3) is 0 Å². The second-order valence-corrected chi connectivity index (χ2v) is 7.52. The number of carbonyl (C=O) groups is 1. The van der Waals surface area contributed by atoms with Crippen molar-refractivity contribution in [1.29, 1.82) is 0 Å². The van der Waals surface area contributed by atoms with Gasteiger partial charge in [-0.15, -0.1) is 11.3 Å². The molecule has 0 aliphatic heterocycles. The number of nitrogens with zero attached hydrogens (tertiary/aromatic N) is 2. The second kappa shape index (κ2) is 9.37. The number of benzene rings is 3. The average Bonchev–Trinajstić information content (AvgIpc) is 3.17. The van der Waals surface area contributed by atoms with Crippen molar-refractivity contribution in [3.05, 3.63) is 95.1 Å². The van der Waals surface area contributed by atoms with Crippen LogP contribution in [0.4, 0.5) is 5.69 Å². The second-order valence-electron chi connectivity index (χ2n) is 6.69. The first-order chi connectivity index (χ1) is 14.7. The molecule has 1 aromatic heterocycles. The third-order valence-corrected chi connectivity index (χ3v) is 5.52. The third-order valence-electron chi connectivity index (χ3n) is 4.66. The van der Waals surface area contributed by atoms with Gasteiger partial charge in [-0.3, -0.25) is 4.79 Å². The maximum absolute atomic E-state index is 12.3. The Hall–Kier alpha value is -3.44. The summed E-state index contributed by atoms with van der Waals surface area (Å²) in [6, 6.07) is 28.4. The summed E-state index contributed by atoms with van der Waals surface area (Å²) in [4.78, 5) is 17.8. The molecule has 0 saturated carbocycles. The lowest BCUT2D eigenvalue weighted by Gasteiger charge is -2.10. The quantitative estimate of drug-likeness (QED) is 0.381. The van der Waals surface area contributed by atoms with Gasteiger partial charge in [0.15, 0.2) is 4.80 Å². The Morgan fingerprint density at radius 2 is 1.47 bits per heavy atom. The van der Waals surface area contributed by atoms with Crippen LogP contribution in [0.5, 0.6) is 0 Å². The highest BCUT2D eigenvalue weighted by molar-refractivity contribution is 7.07. The third kappa shape index (κ3) is 4.58. The van der Waals surface area contributed by atoms with Crippen molar-refractivity contribution in [1.82, 2.24) is 4.57 Å². The van der Waals surface area contributed by atoms with Crippen LogP contribution in [0.3, 0.4) is 0 Å². The smallest absolute Gasteiger partial charge is 0.326 e. The Morgan fingerprint density at radius 1 is 0.867 bits per heavy atom. The Balaban J connectivity index is 1.74. The summed E-state index contributed by atoms with van der Waals surface area (Å²) >= 11 is 1.52. The van der Waals surface area contributed by atoms with Crippen molar-refractivity contribution in [2.75, 3.05) is 6.61 Å². The maximum Gasteiger partial charge on any atom is 0.326 e. The fraction of sp³-hybridized carbons (Fsp3) is 0.120. The van der Waals surface area contributed by atoms with Crippen molar-refractivity contribution in [2.24, 2.45) is 4.99 Å². The predicted molar refractivity (Wildman–Crippen MR) is 121 cm³/mol. The van der Waals surface area contributed by atoms with E-state index in [9.17, 15) is 4.79 Å². The highest BCUT2D eigenvalue weighted by atomic mass is 32.1. The van der Waals surface area contributed by atoms with Gasteiger partial charge >= 0.3 is 5.97 Å². The summed E-state index contributed by atoms with van der Waals surface area (Å²) < 4.78 is 7.12. The standard InChI is InChI=1S/C25H22N2O2S/c1-2-29-24(28)17-27-23(18-30-25(27)26-22-11-7-4-8-12-22)21-15-13-20(14-16-21)19-9-5-3-6-10-19/h3-16,18H,2,17H2,1H3. The Labute approximate surface area is 179 Å². The lowest BCUT2D eigenvalue weighted by Crippen LogP contribution is -2.22. The van der Waals surface area contributed by atoms with E-state index in [0.717, 1.165) is 27.3 Å². The number of rotatable bonds is 6. The van der Waals surface area contributed by atoms with Crippen LogP contribution in [0, 0.1) is 0 Å². The molecule has 0 fully saturated rings. The molecule has 0 amide bonds. The molecule has 4 nitrogen and oxygen atoms in total. The molecule has 0 spiro atoms. The summed E-state index contributed by atoms with van der Waals surface area (Å²) in [5.41, 5.74) is 5.16. The molecule has 0 N–H and O–H groups in total. The van der Waals surface area contributed by atoms with Crippen LogP contribution in [-0.4, -0.2) is 17.1 Å². The van der Waals surface area contributed by atoms with E-state index in [1.54, 1.807) is 0 Å². The van der Waals surface area contributed by atoms with Crippen LogP contribution >= 0.6 is 11.3 Å². The van der Waals surface area contributed by atoms with Gasteiger partial charge in [-0.25, -0.2) is 4.99 Å². The molecule has 1 heterocycles. The molecule has 0 aliphatic rings. The summed E-state index contributed by atoms with van der Waals surface area (Å²) in [6.07, 6.45) is 0. The lowest BCUT2D eigenvalue weighted by atomic mass is 10.0. The molecule has 150 valence electrons. The first-order valence-corrected chi connectivity index (χ1v) is 10.7. The molecular weight excluding hydrogens is 392 g/mol. The van der Waals surface area contributed by atoms with E-state index in [1.165, 1.54) is 16.9 Å². The van der Waals surface area contributed by atoms with Gasteiger partial charge in [0, 0.05) is 5.38 Å². The first-order valence-electron chi connectivity index (χ1n) is 9.84. The van der Waals surface area contributed by atoms with E-state index >= 15 is 0 Å². The molecular formula is C25H22N2O2S. The first kappa shape index (κ1) is 19.9. The largest absolute Gasteiger partial charge is 0.465 e. The molecule has 4 aromatic rings. The Kier molecular flexibility index (Phi) is 6.20. The highest BCUT2D eigenvalue weighted by Crippen LogP contribution is 2.25. The number of aromatic nitrogens is 1. The summed E-state index contributed by atoms with van der Waals surface area (Å²) in [5, 5.41) is 2.04. The van der Waals surface area contributed by atoms with Crippen molar-refractivity contribution in [3.8, 4) is 22.4 Å². The molecule has 0 aliphatic carbocycles. The minimum atomic E-state index is -0.271. The van der Waals surface area contributed by atoms with E-state index in [0.29, 0.717) is 6.61 Å². The topological polar surface area (TPSA) is 43.6 Å². The molecule has 0 unspecified atom stereocenters. The number of hydrogen-bond acceptors (Lipinski definition) is 4.